The van der Waals surface area contributed by atoms with Crippen LogP contribution in [0.1, 0.15) is 17.3 Å². The minimum Gasteiger partial charge on any atom is -0.375 e. The van der Waals surface area contributed by atoms with Crippen LogP contribution in [0.15, 0.2) is 22.7 Å². The SMILES string of the molecule is CC1CN(C(=O)c2cccc(Br)c2Cl)CCO1. The largest absolute Gasteiger partial charge is 0.375 e. The highest BCUT2D eigenvalue weighted by atomic mass is 79.9. The molecule has 0 spiro atoms. The summed E-state index contributed by atoms with van der Waals surface area (Å²) in [6.07, 6.45) is 0.0821. The van der Waals surface area contributed by atoms with E-state index in [4.69, 9.17) is 16.3 Å². The average molecular weight is 319 g/mol. The van der Waals surface area contributed by atoms with Crippen molar-refractivity contribution in [3.63, 3.8) is 0 Å². The minimum atomic E-state index is -0.0357. The van der Waals surface area contributed by atoms with Crippen LogP contribution in [0.5, 0.6) is 0 Å². The van der Waals surface area contributed by atoms with Crippen molar-refractivity contribution in [1.82, 2.24) is 4.90 Å². The van der Waals surface area contributed by atoms with Crippen molar-refractivity contribution in [2.75, 3.05) is 19.7 Å². The van der Waals surface area contributed by atoms with Gasteiger partial charge in [0.05, 0.1) is 23.3 Å². The van der Waals surface area contributed by atoms with Crippen LogP contribution in [-0.2, 0) is 4.74 Å². The zero-order valence-corrected chi connectivity index (χ0v) is 11.8. The highest BCUT2D eigenvalue weighted by Gasteiger charge is 2.24. The molecular formula is C12H13BrClNO2. The normalized spacial score (nSPS) is 20.4. The highest BCUT2D eigenvalue weighted by Crippen LogP contribution is 2.27. The molecule has 1 saturated heterocycles. The molecule has 1 heterocycles. The lowest BCUT2D eigenvalue weighted by atomic mass is 10.2. The number of hydrogen-bond acceptors (Lipinski definition) is 2. The molecule has 2 rings (SSSR count). The Bertz CT molecular complexity index is 439. The molecule has 1 aromatic rings. The van der Waals surface area contributed by atoms with Crippen molar-refractivity contribution in [2.45, 2.75) is 13.0 Å². The minimum absolute atomic E-state index is 0.0357. The number of hydrogen-bond donors (Lipinski definition) is 0. The van der Waals surface area contributed by atoms with E-state index in [1.54, 1.807) is 11.0 Å². The second-order valence-electron chi connectivity index (χ2n) is 4.03. The van der Waals surface area contributed by atoms with E-state index in [9.17, 15) is 4.79 Å². The predicted molar refractivity (Wildman–Crippen MR) is 70.5 cm³/mol. The second-order valence-corrected chi connectivity index (χ2v) is 5.27. The van der Waals surface area contributed by atoms with Crippen molar-refractivity contribution in [2.24, 2.45) is 0 Å². The molecule has 0 aromatic heterocycles. The molecule has 1 atom stereocenters. The standard InChI is InChI=1S/C12H13BrClNO2/c1-8-7-15(5-6-17-8)12(16)9-3-2-4-10(13)11(9)14/h2-4,8H,5-7H2,1H3. The second kappa shape index (κ2) is 5.38. The summed E-state index contributed by atoms with van der Waals surface area (Å²) in [5.41, 5.74) is 0.537. The predicted octanol–water partition coefficient (Wildman–Crippen LogP) is 2.96. The molecule has 0 N–H and O–H groups in total. The van der Waals surface area contributed by atoms with Gasteiger partial charge in [0, 0.05) is 17.6 Å². The van der Waals surface area contributed by atoms with Crippen LogP contribution in [0, 0.1) is 0 Å². The molecule has 5 heteroatoms. The van der Waals surface area contributed by atoms with E-state index in [0.717, 1.165) is 4.47 Å². The number of carbonyl (C=O) groups excluding carboxylic acids is 1. The number of morpholine rings is 1. The van der Waals surface area contributed by atoms with E-state index in [1.807, 2.05) is 19.1 Å². The fourth-order valence-corrected chi connectivity index (χ4v) is 2.42. The molecule has 1 aliphatic rings. The Hall–Kier alpha value is -0.580. The van der Waals surface area contributed by atoms with Crippen LogP contribution in [0.2, 0.25) is 5.02 Å². The maximum atomic E-state index is 12.3. The molecule has 1 aliphatic heterocycles. The third-order valence-corrected chi connectivity index (χ3v) is 4.01. The van der Waals surface area contributed by atoms with Gasteiger partial charge in [0.2, 0.25) is 0 Å². The summed E-state index contributed by atoms with van der Waals surface area (Å²) in [6.45, 7) is 3.77. The maximum absolute atomic E-state index is 12.3. The van der Waals surface area contributed by atoms with Crippen LogP contribution in [0.3, 0.4) is 0 Å². The molecule has 0 radical (unpaired) electrons. The van der Waals surface area contributed by atoms with Gasteiger partial charge < -0.3 is 9.64 Å². The van der Waals surface area contributed by atoms with E-state index in [2.05, 4.69) is 15.9 Å². The summed E-state index contributed by atoms with van der Waals surface area (Å²) in [5, 5.41) is 0.469. The Morgan fingerprint density at radius 2 is 2.35 bits per heavy atom. The van der Waals surface area contributed by atoms with Gasteiger partial charge in [0.15, 0.2) is 0 Å². The Morgan fingerprint density at radius 3 is 3.06 bits per heavy atom. The Balaban J connectivity index is 2.22. The van der Waals surface area contributed by atoms with Gasteiger partial charge in [0.1, 0.15) is 0 Å². The third kappa shape index (κ3) is 2.81. The van der Waals surface area contributed by atoms with E-state index >= 15 is 0 Å². The highest BCUT2D eigenvalue weighted by molar-refractivity contribution is 9.10. The van der Waals surface area contributed by atoms with E-state index < -0.39 is 0 Å². The van der Waals surface area contributed by atoms with Crippen molar-refractivity contribution < 1.29 is 9.53 Å². The van der Waals surface area contributed by atoms with Crippen LogP contribution in [-0.4, -0.2) is 36.6 Å². The van der Waals surface area contributed by atoms with Crippen LogP contribution in [0.4, 0.5) is 0 Å². The lowest BCUT2D eigenvalue weighted by Crippen LogP contribution is -2.44. The number of amides is 1. The van der Waals surface area contributed by atoms with Crippen molar-refractivity contribution >= 4 is 33.4 Å². The molecule has 3 nitrogen and oxygen atoms in total. The first-order chi connectivity index (χ1) is 8.09. The number of nitrogens with zero attached hydrogens (tertiary/aromatic N) is 1. The quantitative estimate of drug-likeness (QED) is 0.797. The van der Waals surface area contributed by atoms with Gasteiger partial charge in [-0.2, -0.15) is 0 Å². The lowest BCUT2D eigenvalue weighted by Gasteiger charge is -2.31. The maximum Gasteiger partial charge on any atom is 0.255 e. The fraction of sp³-hybridized carbons (Fsp3) is 0.417. The first kappa shape index (κ1) is 12.9. The summed E-state index contributed by atoms with van der Waals surface area (Å²) in [6, 6.07) is 5.38. The van der Waals surface area contributed by atoms with E-state index in [1.165, 1.54) is 0 Å². The summed E-state index contributed by atoms with van der Waals surface area (Å²) < 4.78 is 6.15. The van der Waals surface area contributed by atoms with Crippen LogP contribution < -0.4 is 0 Å². The molecule has 1 fully saturated rings. The summed E-state index contributed by atoms with van der Waals surface area (Å²) in [5.74, 6) is -0.0357. The fourth-order valence-electron chi connectivity index (χ4n) is 1.84. The number of halogens is 2. The summed E-state index contributed by atoms with van der Waals surface area (Å²) in [4.78, 5) is 14.1. The first-order valence-electron chi connectivity index (χ1n) is 5.44. The molecule has 0 saturated carbocycles. The molecule has 0 aliphatic carbocycles. The van der Waals surface area contributed by atoms with Gasteiger partial charge >= 0.3 is 0 Å². The molecule has 1 unspecified atom stereocenters. The third-order valence-electron chi connectivity index (χ3n) is 2.71. The topological polar surface area (TPSA) is 29.5 Å². The van der Waals surface area contributed by atoms with E-state index in [0.29, 0.717) is 30.3 Å². The van der Waals surface area contributed by atoms with Crippen LogP contribution in [0.25, 0.3) is 0 Å². The van der Waals surface area contributed by atoms with Gasteiger partial charge in [-0.3, -0.25) is 4.79 Å². The Labute approximate surface area is 114 Å². The number of benzene rings is 1. The lowest BCUT2D eigenvalue weighted by molar-refractivity contribution is -0.0124. The van der Waals surface area contributed by atoms with Gasteiger partial charge in [0.25, 0.3) is 5.91 Å². The van der Waals surface area contributed by atoms with Gasteiger partial charge in [-0.25, -0.2) is 0 Å². The molecule has 1 amide bonds. The number of rotatable bonds is 1. The molecule has 17 heavy (non-hydrogen) atoms. The smallest absolute Gasteiger partial charge is 0.255 e. The number of ether oxygens (including phenoxy) is 1. The zero-order chi connectivity index (χ0) is 12.4. The summed E-state index contributed by atoms with van der Waals surface area (Å²) in [7, 11) is 0. The van der Waals surface area contributed by atoms with Crippen molar-refractivity contribution in [3.8, 4) is 0 Å². The average Bonchev–Trinajstić information content (AvgIpc) is 2.32. The van der Waals surface area contributed by atoms with Crippen molar-refractivity contribution in [1.29, 1.82) is 0 Å². The first-order valence-corrected chi connectivity index (χ1v) is 6.61. The molecular weight excluding hydrogens is 305 g/mol. The monoisotopic (exact) mass is 317 g/mol. The van der Waals surface area contributed by atoms with Crippen molar-refractivity contribution in [3.05, 3.63) is 33.3 Å². The molecule has 92 valence electrons. The van der Waals surface area contributed by atoms with Gasteiger partial charge in [-0.05, 0) is 35.0 Å². The van der Waals surface area contributed by atoms with Crippen LogP contribution >= 0.6 is 27.5 Å². The zero-order valence-electron chi connectivity index (χ0n) is 9.45. The Morgan fingerprint density at radius 1 is 1.59 bits per heavy atom. The summed E-state index contributed by atoms with van der Waals surface area (Å²) >= 11 is 9.44. The van der Waals surface area contributed by atoms with Gasteiger partial charge in [-0.15, -0.1) is 0 Å². The number of carbonyl (C=O) groups is 1. The van der Waals surface area contributed by atoms with E-state index in [-0.39, 0.29) is 12.0 Å². The van der Waals surface area contributed by atoms with Gasteiger partial charge in [-0.1, -0.05) is 17.7 Å². The Kier molecular flexibility index (Phi) is 4.07. The molecule has 0 bridgehead atoms. The molecule has 1 aromatic carbocycles.